The maximum Gasteiger partial charge on any atom is 2.00 e. The molecule has 0 saturated carbocycles. The monoisotopic (exact) mass is 491 g/mol. The Morgan fingerprint density at radius 3 is 1.20 bits per heavy atom. The number of nitrogens with one attached hydrogen (secondary N) is 1. The van der Waals surface area contributed by atoms with Crippen LogP contribution in [0.3, 0.4) is 0 Å². The van der Waals surface area contributed by atoms with Crippen molar-refractivity contribution >= 4 is 0 Å². The average molecular weight is 491 g/mol. The van der Waals surface area contributed by atoms with E-state index in [1.807, 2.05) is 44.2 Å². The molecule has 0 fully saturated rings. The minimum atomic E-state index is 0. The summed E-state index contributed by atoms with van der Waals surface area (Å²) in [6.07, 6.45) is 0. The molecule has 1 aromatic rings. The molecule has 0 saturated heterocycles. The molecular formula is C11H21NVWY. The second-order valence-corrected chi connectivity index (χ2v) is 1.08. The zero-order chi connectivity index (χ0) is 8.24. The van der Waals surface area contributed by atoms with Gasteiger partial charge in [-0.15, -0.1) is 0 Å². The molecule has 1 rings (SSSR count). The summed E-state index contributed by atoms with van der Waals surface area (Å²) in [7, 11) is 1.25. The molecule has 0 aromatic heterocycles. The molecule has 0 bridgehead atoms. The minimum absolute atomic E-state index is 0. The average Bonchev–Trinajstić information content (AvgIpc) is 2.14. The Balaban J connectivity index is -0.0000000131. The first-order valence-electron chi connectivity index (χ1n) is 3.41. The fourth-order valence-electron chi connectivity index (χ4n) is 0.342. The van der Waals surface area contributed by atoms with E-state index in [1.165, 1.54) is 7.05 Å². The number of hydrogen-bond donors (Lipinski definition) is 0. The van der Waals surface area contributed by atoms with Gasteiger partial charge in [0.25, 0.3) is 0 Å². The molecule has 2 radical (unpaired) electrons. The Bertz CT molecular complexity index is 92.5. The molecule has 0 aliphatic rings. The molecule has 0 aliphatic carbocycles. The zero-order valence-corrected chi connectivity index (χ0v) is 17.5. The van der Waals surface area contributed by atoms with Crippen LogP contribution in [-0.4, -0.2) is 7.05 Å². The third-order valence-electron chi connectivity index (χ3n) is 0.607. The SMILES string of the molecule is CC.C[NH-].[CH3-].[CH3-].[V+2].[W+2].[Y].[c-]1ccccc1. The third-order valence-corrected chi connectivity index (χ3v) is 0.607. The van der Waals surface area contributed by atoms with Crippen LogP contribution in [0.15, 0.2) is 30.3 Å². The van der Waals surface area contributed by atoms with Gasteiger partial charge in [-0.3, -0.25) is 0 Å². The van der Waals surface area contributed by atoms with Gasteiger partial charge >= 0.3 is 39.6 Å². The Labute approximate surface area is 148 Å². The molecule has 84 valence electrons. The van der Waals surface area contributed by atoms with Crippen molar-refractivity contribution in [2.24, 2.45) is 0 Å². The Morgan fingerprint density at radius 2 is 1.13 bits per heavy atom. The van der Waals surface area contributed by atoms with Crippen LogP contribution in [0.4, 0.5) is 0 Å². The quantitative estimate of drug-likeness (QED) is 0.490. The van der Waals surface area contributed by atoms with Gasteiger partial charge in [0.05, 0.1) is 0 Å². The van der Waals surface area contributed by atoms with Crippen molar-refractivity contribution in [3.63, 3.8) is 0 Å². The van der Waals surface area contributed by atoms with E-state index < -0.39 is 0 Å². The molecule has 0 unspecified atom stereocenters. The van der Waals surface area contributed by atoms with Crippen molar-refractivity contribution in [2.75, 3.05) is 7.05 Å². The van der Waals surface area contributed by atoms with Crippen LogP contribution < -0.4 is 0 Å². The first kappa shape index (κ1) is 43.9. The summed E-state index contributed by atoms with van der Waals surface area (Å²) in [6, 6.07) is 12.5. The number of hydrogen-bond acceptors (Lipinski definition) is 0. The van der Waals surface area contributed by atoms with Crippen molar-refractivity contribution in [3.05, 3.63) is 57.0 Å². The van der Waals surface area contributed by atoms with E-state index in [-0.39, 0.29) is 87.2 Å². The Kier molecular flexibility index (Phi) is 169. The van der Waals surface area contributed by atoms with E-state index in [4.69, 9.17) is 5.73 Å². The topological polar surface area (TPSA) is 23.8 Å². The van der Waals surface area contributed by atoms with E-state index in [2.05, 4.69) is 6.07 Å². The van der Waals surface area contributed by atoms with Crippen molar-refractivity contribution < 1.29 is 72.3 Å². The largest absolute Gasteiger partial charge is 2.00 e. The predicted molar refractivity (Wildman–Crippen MR) is 59.7 cm³/mol. The Morgan fingerprint density at radius 1 is 0.867 bits per heavy atom. The van der Waals surface area contributed by atoms with Crippen LogP contribution in [0.25, 0.3) is 5.73 Å². The molecule has 0 atom stereocenters. The van der Waals surface area contributed by atoms with Gasteiger partial charge in [0.2, 0.25) is 0 Å². The smallest absolute Gasteiger partial charge is 0.680 e. The normalized spacial score (nSPS) is 4.00. The summed E-state index contributed by atoms with van der Waals surface area (Å²) in [5.41, 5.74) is 5.75. The minimum Gasteiger partial charge on any atom is -0.680 e. The Hall–Kier alpha value is 1.56. The fraction of sp³-hybridized carbons (Fsp3) is 0.273. The molecule has 1 N–H and O–H groups in total. The van der Waals surface area contributed by atoms with Gasteiger partial charge in [-0.2, -0.15) is 43.4 Å². The molecule has 0 amide bonds. The maximum absolute atomic E-state index is 5.75. The van der Waals surface area contributed by atoms with E-state index in [9.17, 15) is 0 Å². The molecule has 1 aromatic carbocycles. The first-order chi connectivity index (χ1) is 5.00. The van der Waals surface area contributed by atoms with E-state index in [1.54, 1.807) is 0 Å². The van der Waals surface area contributed by atoms with Gasteiger partial charge in [0.15, 0.2) is 0 Å². The summed E-state index contributed by atoms with van der Waals surface area (Å²) in [6.45, 7) is 4.00. The standard InChI is InChI=1S/C6H5.C2H6.CH4N.2CH3.V.W.Y/c1-2-4-6-5-3-1;2*1-2;;;;;/h1-5H;1-2H3;2H,1H3;2*1H3;;;/q-1;;3*-1;2*+2;. The van der Waals surface area contributed by atoms with Gasteiger partial charge in [-0.1, -0.05) is 13.8 Å². The summed E-state index contributed by atoms with van der Waals surface area (Å²) in [4.78, 5) is 0. The van der Waals surface area contributed by atoms with E-state index in [0.717, 1.165) is 0 Å². The van der Waals surface area contributed by atoms with E-state index >= 15 is 0 Å². The van der Waals surface area contributed by atoms with Crippen molar-refractivity contribution in [3.8, 4) is 0 Å². The van der Waals surface area contributed by atoms with E-state index in [0.29, 0.717) is 0 Å². The van der Waals surface area contributed by atoms with Gasteiger partial charge in [-0.05, 0) is 0 Å². The zero-order valence-electron chi connectivity index (χ0n) is 10.3. The number of benzene rings is 1. The van der Waals surface area contributed by atoms with Gasteiger partial charge in [0.1, 0.15) is 0 Å². The van der Waals surface area contributed by atoms with Crippen LogP contribution in [0.1, 0.15) is 13.8 Å². The van der Waals surface area contributed by atoms with Crippen LogP contribution in [0.5, 0.6) is 0 Å². The third kappa shape index (κ3) is 50.1. The molecule has 1 nitrogen and oxygen atoms in total. The molecule has 0 aliphatic heterocycles. The van der Waals surface area contributed by atoms with Gasteiger partial charge in [0, 0.05) is 32.7 Å². The van der Waals surface area contributed by atoms with Crippen molar-refractivity contribution in [2.45, 2.75) is 13.8 Å². The molecule has 15 heavy (non-hydrogen) atoms. The van der Waals surface area contributed by atoms with Crippen molar-refractivity contribution in [1.29, 1.82) is 0 Å². The fourth-order valence-corrected chi connectivity index (χ4v) is 0.342. The summed E-state index contributed by atoms with van der Waals surface area (Å²) in [5, 5.41) is 0. The second kappa shape index (κ2) is 57.7. The summed E-state index contributed by atoms with van der Waals surface area (Å²) < 4.78 is 0. The molecule has 0 spiro atoms. The van der Waals surface area contributed by atoms with Crippen LogP contribution >= 0.6 is 0 Å². The molecular weight excluding hydrogens is 470 g/mol. The van der Waals surface area contributed by atoms with Crippen LogP contribution in [0.2, 0.25) is 0 Å². The summed E-state index contributed by atoms with van der Waals surface area (Å²) >= 11 is 0. The first-order valence-corrected chi connectivity index (χ1v) is 3.41. The number of rotatable bonds is 0. The van der Waals surface area contributed by atoms with Crippen LogP contribution in [-0.2, 0) is 72.3 Å². The second-order valence-electron chi connectivity index (χ2n) is 1.08. The molecule has 0 heterocycles. The van der Waals surface area contributed by atoms with Gasteiger partial charge < -0.3 is 20.6 Å². The van der Waals surface area contributed by atoms with Crippen LogP contribution in [0, 0.1) is 20.9 Å². The van der Waals surface area contributed by atoms with Gasteiger partial charge in [-0.25, -0.2) is 0 Å². The van der Waals surface area contributed by atoms with Crippen molar-refractivity contribution in [1.82, 2.24) is 0 Å². The maximum atomic E-state index is 5.75. The molecule has 4 heteroatoms. The predicted octanol–water partition coefficient (Wildman–Crippen LogP) is 4.07. The summed E-state index contributed by atoms with van der Waals surface area (Å²) in [5.74, 6) is 0.